The first-order chi connectivity index (χ1) is 10.0. The van der Waals surface area contributed by atoms with Crippen LogP contribution in [0.1, 0.15) is 17.5 Å². The molecule has 0 spiro atoms. The van der Waals surface area contributed by atoms with Crippen molar-refractivity contribution in [1.82, 2.24) is 0 Å². The zero-order valence-corrected chi connectivity index (χ0v) is 14.7. The van der Waals surface area contributed by atoms with Crippen LogP contribution in [-0.2, 0) is 17.8 Å². The van der Waals surface area contributed by atoms with Gasteiger partial charge in [0, 0.05) is 25.7 Å². The van der Waals surface area contributed by atoms with Crippen molar-refractivity contribution in [3.63, 3.8) is 0 Å². The van der Waals surface area contributed by atoms with Gasteiger partial charge in [0.2, 0.25) is 5.91 Å². The highest BCUT2D eigenvalue weighted by Crippen LogP contribution is 2.32. The van der Waals surface area contributed by atoms with Gasteiger partial charge in [-0.15, -0.1) is 0 Å². The highest BCUT2D eigenvalue weighted by molar-refractivity contribution is 14.1. The van der Waals surface area contributed by atoms with Gasteiger partial charge in [0.05, 0.1) is 6.54 Å². The fourth-order valence-electron chi connectivity index (χ4n) is 2.54. The number of benzene rings is 2. The van der Waals surface area contributed by atoms with Gasteiger partial charge in [-0.05, 0) is 76.5 Å². The van der Waals surface area contributed by atoms with Crippen LogP contribution in [0.2, 0.25) is 10.0 Å². The van der Waals surface area contributed by atoms with Crippen molar-refractivity contribution in [1.29, 1.82) is 0 Å². The lowest BCUT2D eigenvalue weighted by molar-refractivity contribution is -0.119. The Morgan fingerprint density at radius 2 is 1.90 bits per heavy atom. The van der Waals surface area contributed by atoms with E-state index in [4.69, 9.17) is 23.2 Å². The van der Waals surface area contributed by atoms with Gasteiger partial charge in [0.25, 0.3) is 0 Å². The number of halogens is 3. The van der Waals surface area contributed by atoms with E-state index in [1.54, 1.807) is 17.0 Å². The van der Waals surface area contributed by atoms with Gasteiger partial charge in [0.15, 0.2) is 0 Å². The molecule has 2 aromatic rings. The van der Waals surface area contributed by atoms with Crippen LogP contribution < -0.4 is 4.90 Å². The fourth-order valence-corrected chi connectivity index (χ4v) is 3.46. The Balaban J connectivity index is 1.98. The van der Waals surface area contributed by atoms with Crippen LogP contribution in [0.25, 0.3) is 0 Å². The van der Waals surface area contributed by atoms with E-state index < -0.39 is 0 Å². The maximum absolute atomic E-state index is 12.3. The van der Waals surface area contributed by atoms with E-state index in [9.17, 15) is 4.79 Å². The summed E-state index contributed by atoms with van der Waals surface area (Å²) in [6.07, 6.45) is 1.33. The first-order valence-corrected chi connectivity index (χ1v) is 8.41. The van der Waals surface area contributed by atoms with Crippen LogP contribution in [0.5, 0.6) is 0 Å². The molecule has 0 atom stereocenters. The number of carbonyl (C=O) groups is 1. The summed E-state index contributed by atoms with van der Waals surface area (Å²) < 4.78 is 1.18. The zero-order chi connectivity index (χ0) is 15.0. The van der Waals surface area contributed by atoms with E-state index in [1.807, 2.05) is 18.2 Å². The lowest BCUT2D eigenvalue weighted by Crippen LogP contribution is -2.34. The molecular formula is C16H12Cl2INO. The summed E-state index contributed by atoms with van der Waals surface area (Å²) in [4.78, 5) is 14.1. The van der Waals surface area contributed by atoms with Crippen LogP contribution in [-0.4, -0.2) is 5.91 Å². The van der Waals surface area contributed by atoms with Gasteiger partial charge in [-0.3, -0.25) is 4.79 Å². The fraction of sp³-hybridized carbons (Fsp3) is 0.188. The number of rotatable bonds is 2. The van der Waals surface area contributed by atoms with Gasteiger partial charge in [-0.1, -0.05) is 23.2 Å². The number of aryl methyl sites for hydroxylation is 1. The lowest BCUT2D eigenvalue weighted by atomic mass is 10.0. The Kier molecular flexibility index (Phi) is 4.43. The Bertz CT molecular complexity index is 717. The van der Waals surface area contributed by atoms with Gasteiger partial charge in [-0.2, -0.15) is 0 Å². The number of fused-ring (bicyclic) bond motifs is 1. The average molecular weight is 432 g/mol. The van der Waals surface area contributed by atoms with Crippen LogP contribution in [0.4, 0.5) is 5.69 Å². The third-order valence-corrected chi connectivity index (χ3v) is 4.85. The minimum Gasteiger partial charge on any atom is -0.308 e. The number of anilines is 1. The molecule has 0 fully saturated rings. The van der Waals surface area contributed by atoms with E-state index in [-0.39, 0.29) is 5.91 Å². The quantitative estimate of drug-likeness (QED) is 0.607. The monoisotopic (exact) mass is 431 g/mol. The zero-order valence-electron chi connectivity index (χ0n) is 11.1. The number of hydrogen-bond acceptors (Lipinski definition) is 1. The van der Waals surface area contributed by atoms with Crippen molar-refractivity contribution >= 4 is 57.4 Å². The molecule has 1 aliphatic heterocycles. The second-order valence-electron chi connectivity index (χ2n) is 4.99. The number of hydrogen-bond donors (Lipinski definition) is 0. The van der Waals surface area contributed by atoms with E-state index >= 15 is 0 Å². The minimum absolute atomic E-state index is 0.125. The molecule has 2 nitrogen and oxygen atoms in total. The van der Waals surface area contributed by atoms with Gasteiger partial charge < -0.3 is 4.90 Å². The molecule has 108 valence electrons. The molecule has 0 aromatic heterocycles. The Hall–Kier alpha value is -0.780. The van der Waals surface area contributed by atoms with Gasteiger partial charge >= 0.3 is 0 Å². The van der Waals surface area contributed by atoms with Crippen molar-refractivity contribution in [2.45, 2.75) is 19.4 Å². The molecule has 0 radical (unpaired) electrons. The molecule has 0 bridgehead atoms. The van der Waals surface area contributed by atoms with Crippen LogP contribution >= 0.6 is 45.8 Å². The summed E-state index contributed by atoms with van der Waals surface area (Å²) in [6.45, 7) is 0.450. The number of nitrogens with zero attached hydrogens (tertiary/aromatic N) is 1. The van der Waals surface area contributed by atoms with Crippen molar-refractivity contribution in [3.8, 4) is 0 Å². The van der Waals surface area contributed by atoms with Gasteiger partial charge in [0.1, 0.15) is 0 Å². The summed E-state index contributed by atoms with van der Waals surface area (Å²) in [5.74, 6) is 0.125. The van der Waals surface area contributed by atoms with Gasteiger partial charge in [-0.25, -0.2) is 0 Å². The summed E-state index contributed by atoms with van der Waals surface area (Å²) in [5.41, 5.74) is 3.05. The Morgan fingerprint density at radius 1 is 1.10 bits per heavy atom. The molecule has 0 aliphatic carbocycles. The van der Waals surface area contributed by atoms with Crippen molar-refractivity contribution < 1.29 is 4.79 Å². The Labute approximate surface area is 147 Å². The smallest absolute Gasteiger partial charge is 0.227 e. The average Bonchev–Trinajstić information content (AvgIpc) is 2.45. The highest BCUT2D eigenvalue weighted by Gasteiger charge is 2.24. The maximum Gasteiger partial charge on any atom is 0.227 e. The first kappa shape index (κ1) is 15.1. The van der Waals surface area contributed by atoms with Crippen LogP contribution in [0, 0.1) is 3.57 Å². The molecule has 0 N–H and O–H groups in total. The number of carbonyl (C=O) groups excluding carboxylic acids is 1. The second-order valence-corrected chi connectivity index (χ2v) is 7.08. The molecule has 3 rings (SSSR count). The third kappa shape index (κ3) is 3.20. The second kappa shape index (κ2) is 6.15. The highest BCUT2D eigenvalue weighted by atomic mass is 127. The predicted molar refractivity (Wildman–Crippen MR) is 95.1 cm³/mol. The normalized spacial score (nSPS) is 14.2. The summed E-state index contributed by atoms with van der Waals surface area (Å²) in [6, 6.07) is 11.5. The molecule has 1 amide bonds. The van der Waals surface area contributed by atoms with Crippen LogP contribution in [0.3, 0.4) is 0 Å². The molecule has 21 heavy (non-hydrogen) atoms. The topological polar surface area (TPSA) is 20.3 Å². The maximum atomic E-state index is 12.3. The molecular weight excluding hydrogens is 420 g/mol. The SMILES string of the molecule is O=C1CCc2cc(I)ccc2N1Cc1cc(Cl)ccc1Cl. The van der Waals surface area contributed by atoms with Crippen molar-refractivity contribution in [2.24, 2.45) is 0 Å². The van der Waals surface area contributed by atoms with E-state index in [1.165, 1.54) is 9.13 Å². The summed E-state index contributed by atoms with van der Waals surface area (Å²) >= 11 is 14.5. The molecule has 0 saturated heterocycles. The first-order valence-electron chi connectivity index (χ1n) is 6.57. The molecule has 2 aromatic carbocycles. The van der Waals surface area contributed by atoms with E-state index in [2.05, 4.69) is 28.7 Å². The molecule has 1 aliphatic rings. The summed E-state index contributed by atoms with van der Waals surface area (Å²) in [7, 11) is 0. The standard InChI is InChI=1S/C16H12Cl2INO/c17-12-2-4-14(18)11(7-12)9-20-15-5-3-13(19)8-10(15)1-6-16(20)21/h2-5,7-8H,1,6,9H2. The lowest BCUT2D eigenvalue weighted by Gasteiger charge is -2.30. The minimum atomic E-state index is 0.125. The molecule has 5 heteroatoms. The van der Waals surface area contributed by atoms with Crippen LogP contribution in [0.15, 0.2) is 36.4 Å². The van der Waals surface area contributed by atoms with Crippen molar-refractivity contribution in [2.75, 3.05) is 4.90 Å². The largest absolute Gasteiger partial charge is 0.308 e. The third-order valence-electron chi connectivity index (χ3n) is 3.58. The van der Waals surface area contributed by atoms with E-state index in [0.717, 1.165) is 17.7 Å². The van der Waals surface area contributed by atoms with E-state index in [0.29, 0.717) is 23.0 Å². The molecule has 1 heterocycles. The summed E-state index contributed by atoms with van der Waals surface area (Å²) in [5, 5.41) is 1.26. The predicted octanol–water partition coefficient (Wildman–Crippen LogP) is 5.08. The molecule has 0 unspecified atom stereocenters. The van der Waals surface area contributed by atoms with Crippen molar-refractivity contribution in [3.05, 3.63) is 61.1 Å². The molecule has 0 saturated carbocycles. The Morgan fingerprint density at radius 3 is 2.71 bits per heavy atom. The number of amides is 1.